The summed E-state index contributed by atoms with van der Waals surface area (Å²) < 4.78 is 4.92. The van der Waals surface area contributed by atoms with Crippen LogP contribution in [0.15, 0.2) is 48.8 Å². The Morgan fingerprint density at radius 2 is 2.06 bits per heavy atom. The maximum atomic E-state index is 13.3. The number of methoxy groups -OCH3 is 1. The van der Waals surface area contributed by atoms with E-state index >= 15 is 0 Å². The Labute approximate surface area is 206 Å². The molecule has 0 saturated carbocycles. The number of benzene rings is 2. The van der Waals surface area contributed by atoms with Crippen molar-refractivity contribution in [2.24, 2.45) is 0 Å². The van der Waals surface area contributed by atoms with Crippen molar-refractivity contribution in [3.8, 4) is 0 Å². The Bertz CT molecular complexity index is 1420. The number of nitrogens with zero attached hydrogens (tertiary/aromatic N) is 4. The maximum absolute atomic E-state index is 13.3. The largest absolute Gasteiger partial charge is 0.469 e. The van der Waals surface area contributed by atoms with Crippen molar-refractivity contribution in [1.82, 2.24) is 24.8 Å². The molecule has 35 heavy (non-hydrogen) atoms. The molecule has 1 fully saturated rings. The number of carbonyl (C=O) groups excluding carboxylic acids is 2. The molecule has 0 bridgehead atoms. The first-order valence-electron chi connectivity index (χ1n) is 11.2. The highest BCUT2D eigenvalue weighted by Gasteiger charge is 2.34. The number of fused-ring (bicyclic) bond motifs is 2. The Morgan fingerprint density at radius 1 is 1.20 bits per heavy atom. The molecule has 1 aliphatic rings. The predicted octanol–water partition coefficient (Wildman–Crippen LogP) is 3.12. The first-order valence-corrected chi connectivity index (χ1v) is 11.6. The maximum Gasteiger partial charge on any atom is 0.307 e. The number of aromatic nitrogens is 3. The number of halogens is 1. The van der Waals surface area contributed by atoms with E-state index in [-0.39, 0.29) is 30.9 Å². The number of nitrogens with two attached hydrogens (primary N) is 1. The van der Waals surface area contributed by atoms with Gasteiger partial charge in [0.1, 0.15) is 12.1 Å². The number of anilines is 1. The van der Waals surface area contributed by atoms with E-state index in [9.17, 15) is 9.59 Å². The number of piperazine rings is 1. The molecule has 1 amide bonds. The fourth-order valence-corrected chi connectivity index (χ4v) is 4.82. The summed E-state index contributed by atoms with van der Waals surface area (Å²) in [5.41, 5.74) is 9.51. The number of hydrogen-bond donors (Lipinski definition) is 2. The van der Waals surface area contributed by atoms with Gasteiger partial charge in [0.25, 0.3) is 0 Å². The summed E-state index contributed by atoms with van der Waals surface area (Å²) in [7, 11) is 1.36. The zero-order chi connectivity index (χ0) is 24.5. The van der Waals surface area contributed by atoms with Crippen molar-refractivity contribution in [1.29, 1.82) is 0 Å². The molecule has 5 rings (SSSR count). The van der Waals surface area contributed by atoms with Gasteiger partial charge in [-0.05, 0) is 42.0 Å². The minimum atomic E-state index is -0.353. The quantitative estimate of drug-likeness (QED) is 0.397. The molecular formula is C25H25ClN6O3. The second-order valence-electron chi connectivity index (χ2n) is 8.76. The first-order chi connectivity index (χ1) is 16.9. The number of carbonyl (C=O) groups is 2. The summed E-state index contributed by atoms with van der Waals surface area (Å²) in [5.74, 6) is 0.00888. The van der Waals surface area contributed by atoms with Gasteiger partial charge in [-0.25, -0.2) is 9.97 Å². The molecule has 0 unspecified atom stereocenters. The van der Waals surface area contributed by atoms with E-state index in [1.165, 1.54) is 13.4 Å². The van der Waals surface area contributed by atoms with Gasteiger partial charge in [0.2, 0.25) is 5.91 Å². The van der Waals surface area contributed by atoms with Gasteiger partial charge in [-0.2, -0.15) is 0 Å². The van der Waals surface area contributed by atoms with Crippen LogP contribution >= 0.6 is 11.6 Å². The van der Waals surface area contributed by atoms with Crippen molar-refractivity contribution in [2.45, 2.75) is 25.6 Å². The van der Waals surface area contributed by atoms with E-state index < -0.39 is 0 Å². The molecule has 3 N–H and O–H groups in total. The molecule has 0 radical (unpaired) electrons. The monoisotopic (exact) mass is 492 g/mol. The van der Waals surface area contributed by atoms with E-state index in [0.717, 1.165) is 27.5 Å². The van der Waals surface area contributed by atoms with Crippen LogP contribution in [0.4, 0.5) is 5.82 Å². The zero-order valence-corrected chi connectivity index (χ0v) is 20.0. The summed E-state index contributed by atoms with van der Waals surface area (Å²) in [6, 6.07) is 13.1. The molecule has 2 aromatic carbocycles. The molecule has 9 nitrogen and oxygen atoms in total. The van der Waals surface area contributed by atoms with Crippen LogP contribution in [0.25, 0.3) is 21.8 Å². The average Bonchev–Trinajstić information content (AvgIpc) is 3.22. The van der Waals surface area contributed by atoms with Crippen LogP contribution in [-0.2, 0) is 27.4 Å². The van der Waals surface area contributed by atoms with Crippen molar-refractivity contribution in [2.75, 3.05) is 25.9 Å². The molecule has 4 aromatic rings. The summed E-state index contributed by atoms with van der Waals surface area (Å²) in [5, 5.41) is 2.45. The Balaban J connectivity index is 1.36. The fourth-order valence-electron chi connectivity index (χ4n) is 4.64. The normalized spacial score (nSPS) is 16.8. The summed E-state index contributed by atoms with van der Waals surface area (Å²) in [6.45, 7) is 1.70. The Kier molecular flexibility index (Phi) is 6.27. The van der Waals surface area contributed by atoms with Crippen molar-refractivity contribution in [3.05, 3.63) is 65.1 Å². The van der Waals surface area contributed by atoms with Crippen molar-refractivity contribution in [3.63, 3.8) is 0 Å². The standard InChI is InChI=1S/C25H25ClN6O3/c1-35-24(34)9-19-12-31(11-18-8-16-7-17(26)3-5-21(16)30-18)13-23(33)32(19)10-15-2-4-20-22(6-15)28-14-29-25(20)27/h2-8,14,19,30H,9-13H2,1H3,(H2,27,28,29)/t19-/m0/s1. The van der Waals surface area contributed by atoms with Gasteiger partial charge < -0.3 is 20.4 Å². The number of aromatic amines is 1. The first kappa shape index (κ1) is 23.1. The molecule has 180 valence electrons. The van der Waals surface area contributed by atoms with Crippen LogP contribution in [0.3, 0.4) is 0 Å². The van der Waals surface area contributed by atoms with E-state index in [2.05, 4.69) is 15.0 Å². The Morgan fingerprint density at radius 3 is 2.89 bits per heavy atom. The fraction of sp³-hybridized carbons (Fsp3) is 0.280. The second kappa shape index (κ2) is 9.52. The van der Waals surface area contributed by atoms with E-state index in [1.54, 1.807) is 4.90 Å². The molecule has 0 spiro atoms. The van der Waals surface area contributed by atoms with Crippen LogP contribution < -0.4 is 5.73 Å². The highest BCUT2D eigenvalue weighted by molar-refractivity contribution is 6.31. The van der Waals surface area contributed by atoms with Crippen LogP contribution in [-0.4, -0.2) is 62.9 Å². The van der Waals surface area contributed by atoms with Gasteiger partial charge in [-0.1, -0.05) is 17.7 Å². The molecule has 3 heterocycles. The van der Waals surface area contributed by atoms with Gasteiger partial charge in [-0.15, -0.1) is 0 Å². The van der Waals surface area contributed by atoms with Crippen molar-refractivity contribution >= 4 is 51.1 Å². The smallest absolute Gasteiger partial charge is 0.307 e. The van der Waals surface area contributed by atoms with Gasteiger partial charge >= 0.3 is 5.97 Å². The summed E-state index contributed by atoms with van der Waals surface area (Å²) in [4.78, 5) is 40.9. The zero-order valence-electron chi connectivity index (χ0n) is 19.2. The topological polar surface area (TPSA) is 117 Å². The lowest BCUT2D eigenvalue weighted by Gasteiger charge is -2.40. The Hall–Kier alpha value is -3.69. The lowest BCUT2D eigenvalue weighted by molar-refractivity contribution is -0.148. The molecule has 1 saturated heterocycles. The predicted molar refractivity (Wildman–Crippen MR) is 134 cm³/mol. The van der Waals surface area contributed by atoms with Crippen LogP contribution in [0.5, 0.6) is 0 Å². The number of rotatable bonds is 6. The van der Waals surface area contributed by atoms with Gasteiger partial charge in [0.05, 0.1) is 31.6 Å². The van der Waals surface area contributed by atoms with Crippen LogP contribution in [0.1, 0.15) is 17.7 Å². The average molecular weight is 493 g/mol. The van der Waals surface area contributed by atoms with Crippen LogP contribution in [0.2, 0.25) is 5.02 Å². The molecule has 1 atom stereocenters. The number of hydrogen-bond acceptors (Lipinski definition) is 7. The number of H-pyrrole nitrogens is 1. The molecular weight excluding hydrogens is 468 g/mol. The van der Waals surface area contributed by atoms with E-state index in [4.69, 9.17) is 22.1 Å². The summed E-state index contributed by atoms with van der Waals surface area (Å²) in [6.07, 6.45) is 1.53. The minimum Gasteiger partial charge on any atom is -0.469 e. The number of esters is 1. The summed E-state index contributed by atoms with van der Waals surface area (Å²) >= 11 is 6.11. The molecule has 2 aromatic heterocycles. The number of nitrogens with one attached hydrogen (secondary N) is 1. The SMILES string of the molecule is COC(=O)C[C@H]1CN(Cc2cc3cc(Cl)ccc3[nH]2)CC(=O)N1Cc1ccc2c(N)ncnc2c1. The third kappa shape index (κ3) is 4.91. The highest BCUT2D eigenvalue weighted by atomic mass is 35.5. The highest BCUT2D eigenvalue weighted by Crippen LogP contribution is 2.25. The molecule has 10 heteroatoms. The lowest BCUT2D eigenvalue weighted by atomic mass is 10.0. The van der Waals surface area contributed by atoms with E-state index in [1.807, 2.05) is 47.4 Å². The van der Waals surface area contributed by atoms with Crippen molar-refractivity contribution < 1.29 is 14.3 Å². The van der Waals surface area contributed by atoms with Gasteiger partial charge in [-0.3, -0.25) is 14.5 Å². The van der Waals surface area contributed by atoms with E-state index in [0.29, 0.717) is 36.0 Å². The van der Waals surface area contributed by atoms with Crippen LogP contribution in [0, 0.1) is 0 Å². The molecule has 1 aliphatic heterocycles. The number of ether oxygens (including phenoxy) is 1. The van der Waals surface area contributed by atoms with Gasteiger partial charge in [0, 0.05) is 46.6 Å². The molecule has 0 aliphatic carbocycles. The third-order valence-corrected chi connectivity index (χ3v) is 6.57. The number of amides is 1. The second-order valence-corrected chi connectivity index (χ2v) is 9.20. The minimum absolute atomic E-state index is 0.0494. The lowest BCUT2D eigenvalue weighted by Crippen LogP contribution is -2.56. The number of nitrogen functional groups attached to an aromatic ring is 1. The third-order valence-electron chi connectivity index (χ3n) is 6.34. The van der Waals surface area contributed by atoms with Gasteiger partial charge in [0.15, 0.2) is 0 Å².